The number of carbonyl (C=O) groups excluding carboxylic acids is 2. The largest absolute Gasteiger partial charge is 0.481 e. The zero-order valence-electron chi connectivity index (χ0n) is 11.3. The lowest BCUT2D eigenvalue weighted by atomic mass is 10.2. The summed E-state index contributed by atoms with van der Waals surface area (Å²) in [5.41, 5.74) is 5.44. The Bertz CT molecular complexity index is 336. The van der Waals surface area contributed by atoms with Crippen LogP contribution in [0.25, 0.3) is 0 Å². The van der Waals surface area contributed by atoms with Gasteiger partial charge in [-0.05, 0) is 20.1 Å². The molecule has 0 fully saturated rings. The summed E-state index contributed by atoms with van der Waals surface area (Å²) in [6.07, 6.45) is 1.34. The van der Waals surface area contributed by atoms with Crippen LogP contribution >= 0.6 is 11.8 Å². The molecule has 0 radical (unpaired) electrons. The summed E-state index contributed by atoms with van der Waals surface area (Å²) in [6, 6.07) is -0.910. The number of thioether (sulfide) groups is 1. The van der Waals surface area contributed by atoms with Crippen molar-refractivity contribution < 1.29 is 19.5 Å². The lowest BCUT2D eigenvalue weighted by molar-refractivity contribution is -0.138. The fourth-order valence-corrected chi connectivity index (χ4v) is 1.91. The van der Waals surface area contributed by atoms with Crippen LogP contribution in [0.3, 0.4) is 0 Å². The van der Waals surface area contributed by atoms with Crippen LogP contribution in [0.1, 0.15) is 20.3 Å². The molecular weight excluding hydrogens is 270 g/mol. The summed E-state index contributed by atoms with van der Waals surface area (Å²) >= 11 is 1.12. The molecule has 0 heterocycles. The Labute approximate surface area is 116 Å². The highest BCUT2D eigenvalue weighted by Crippen LogP contribution is 2.11. The molecule has 0 aliphatic carbocycles. The molecule has 2 unspecified atom stereocenters. The predicted octanol–water partition coefficient (Wildman–Crippen LogP) is -0.839. The fourth-order valence-electron chi connectivity index (χ4n) is 1.32. The number of rotatable bonds is 8. The Balaban J connectivity index is 4.55. The van der Waals surface area contributed by atoms with E-state index in [2.05, 4.69) is 10.6 Å². The Kier molecular flexibility index (Phi) is 8.17. The van der Waals surface area contributed by atoms with E-state index in [9.17, 15) is 14.4 Å². The van der Waals surface area contributed by atoms with Gasteiger partial charge in [0.2, 0.25) is 11.8 Å². The summed E-state index contributed by atoms with van der Waals surface area (Å²) < 4.78 is 0. The maximum Gasteiger partial charge on any atom is 0.305 e. The molecule has 0 rings (SSSR count). The van der Waals surface area contributed by atoms with Crippen molar-refractivity contribution >= 4 is 29.5 Å². The number of carbonyl (C=O) groups is 3. The van der Waals surface area contributed by atoms with Crippen LogP contribution in [0.2, 0.25) is 0 Å². The van der Waals surface area contributed by atoms with Crippen molar-refractivity contribution in [3.05, 3.63) is 0 Å². The van der Waals surface area contributed by atoms with Crippen LogP contribution < -0.4 is 16.4 Å². The smallest absolute Gasteiger partial charge is 0.305 e. The average molecular weight is 291 g/mol. The van der Waals surface area contributed by atoms with Crippen LogP contribution in [0.4, 0.5) is 0 Å². The molecule has 2 atom stereocenters. The van der Waals surface area contributed by atoms with E-state index in [1.807, 2.05) is 0 Å². The van der Waals surface area contributed by atoms with Crippen molar-refractivity contribution in [2.75, 3.05) is 12.8 Å². The van der Waals surface area contributed by atoms with Gasteiger partial charge < -0.3 is 21.5 Å². The van der Waals surface area contributed by atoms with E-state index in [-0.39, 0.29) is 24.9 Å². The van der Waals surface area contributed by atoms with Crippen LogP contribution in [-0.4, -0.2) is 53.0 Å². The molecular formula is C11H21N3O4S. The van der Waals surface area contributed by atoms with Gasteiger partial charge in [-0.25, -0.2) is 0 Å². The number of nitrogens with two attached hydrogens (primary N) is 1. The molecule has 2 amide bonds. The van der Waals surface area contributed by atoms with Gasteiger partial charge in [0.25, 0.3) is 0 Å². The maximum atomic E-state index is 11.8. The van der Waals surface area contributed by atoms with Crippen molar-refractivity contribution in [1.82, 2.24) is 10.6 Å². The van der Waals surface area contributed by atoms with E-state index in [1.165, 1.54) is 0 Å². The minimum Gasteiger partial charge on any atom is -0.481 e. The van der Waals surface area contributed by atoms with Gasteiger partial charge in [-0.15, -0.1) is 0 Å². The Morgan fingerprint density at radius 2 is 1.79 bits per heavy atom. The van der Waals surface area contributed by atoms with Crippen molar-refractivity contribution in [1.29, 1.82) is 0 Å². The summed E-state index contributed by atoms with van der Waals surface area (Å²) in [5, 5.41) is 13.1. The average Bonchev–Trinajstić information content (AvgIpc) is 2.31. The zero-order chi connectivity index (χ0) is 15.0. The zero-order valence-corrected chi connectivity index (χ0v) is 12.1. The quantitative estimate of drug-likeness (QED) is 0.463. The molecule has 0 aliphatic heterocycles. The molecule has 0 saturated heterocycles. The standard InChI is InChI=1S/C11H21N3O4S/c1-6(2)13-10(17)7(5-12)14-11(18)8(19-3)4-9(15)16/h6-8H,4-5,12H2,1-3H3,(H,13,17)(H,14,18)(H,15,16). The molecule has 0 spiro atoms. The van der Waals surface area contributed by atoms with Crippen LogP contribution in [0.15, 0.2) is 0 Å². The second-order valence-electron chi connectivity index (χ2n) is 4.28. The molecule has 0 saturated carbocycles. The molecule has 5 N–H and O–H groups in total. The van der Waals surface area contributed by atoms with Crippen molar-refractivity contribution in [2.45, 2.75) is 37.6 Å². The highest BCUT2D eigenvalue weighted by Gasteiger charge is 2.25. The van der Waals surface area contributed by atoms with Gasteiger partial charge in [0.05, 0.1) is 11.7 Å². The second kappa shape index (κ2) is 8.76. The minimum absolute atomic E-state index is 0.0432. The van der Waals surface area contributed by atoms with Gasteiger partial charge in [0, 0.05) is 12.6 Å². The molecule has 0 aromatic heterocycles. The molecule has 19 heavy (non-hydrogen) atoms. The van der Waals surface area contributed by atoms with Crippen LogP contribution in [0, 0.1) is 0 Å². The van der Waals surface area contributed by atoms with Gasteiger partial charge in [-0.1, -0.05) is 0 Å². The first-order valence-corrected chi connectivity index (χ1v) is 7.16. The predicted molar refractivity (Wildman–Crippen MR) is 73.8 cm³/mol. The van der Waals surface area contributed by atoms with Gasteiger partial charge in [-0.2, -0.15) is 11.8 Å². The van der Waals surface area contributed by atoms with Crippen molar-refractivity contribution in [3.63, 3.8) is 0 Å². The molecule has 0 bridgehead atoms. The lowest BCUT2D eigenvalue weighted by Crippen LogP contribution is -2.54. The van der Waals surface area contributed by atoms with E-state index in [0.29, 0.717) is 0 Å². The molecule has 0 aromatic carbocycles. The first kappa shape index (κ1) is 17.7. The first-order chi connectivity index (χ1) is 8.81. The van der Waals surface area contributed by atoms with Crippen LogP contribution in [0.5, 0.6) is 0 Å². The highest BCUT2D eigenvalue weighted by molar-refractivity contribution is 7.99. The normalized spacial score (nSPS) is 13.7. The summed E-state index contributed by atoms with van der Waals surface area (Å²) in [6.45, 7) is 3.54. The van der Waals surface area contributed by atoms with Gasteiger partial charge in [-0.3, -0.25) is 14.4 Å². The number of amides is 2. The van der Waals surface area contributed by atoms with Crippen molar-refractivity contribution in [2.24, 2.45) is 5.73 Å². The third kappa shape index (κ3) is 7.02. The third-order valence-corrected chi connectivity index (χ3v) is 3.19. The van der Waals surface area contributed by atoms with E-state index in [0.717, 1.165) is 11.8 Å². The summed E-state index contributed by atoms with van der Waals surface area (Å²) in [7, 11) is 0. The summed E-state index contributed by atoms with van der Waals surface area (Å²) in [5.74, 6) is -1.93. The number of aliphatic carboxylic acids is 1. The molecule has 8 heteroatoms. The molecule has 0 aliphatic rings. The Hall–Kier alpha value is -1.28. The topological polar surface area (TPSA) is 122 Å². The lowest BCUT2D eigenvalue weighted by Gasteiger charge is -2.20. The van der Waals surface area contributed by atoms with Crippen LogP contribution in [-0.2, 0) is 14.4 Å². The third-order valence-electron chi connectivity index (χ3n) is 2.24. The number of carboxylic acid groups (broad SMARTS) is 1. The summed E-state index contributed by atoms with van der Waals surface area (Å²) in [4.78, 5) is 34.2. The highest BCUT2D eigenvalue weighted by atomic mass is 32.2. The van der Waals surface area contributed by atoms with E-state index < -0.39 is 23.2 Å². The van der Waals surface area contributed by atoms with Gasteiger partial charge >= 0.3 is 5.97 Å². The monoisotopic (exact) mass is 291 g/mol. The Morgan fingerprint density at radius 3 is 2.16 bits per heavy atom. The van der Waals surface area contributed by atoms with E-state index >= 15 is 0 Å². The molecule has 7 nitrogen and oxygen atoms in total. The number of hydrogen-bond donors (Lipinski definition) is 4. The molecule has 0 aromatic rings. The van der Waals surface area contributed by atoms with Gasteiger partial charge in [0.1, 0.15) is 6.04 Å². The minimum atomic E-state index is -1.06. The fraction of sp³-hybridized carbons (Fsp3) is 0.727. The SMILES string of the molecule is CSC(CC(=O)O)C(=O)NC(CN)C(=O)NC(C)C. The van der Waals surface area contributed by atoms with Gasteiger partial charge in [0.15, 0.2) is 0 Å². The maximum absolute atomic E-state index is 11.8. The first-order valence-electron chi connectivity index (χ1n) is 5.87. The van der Waals surface area contributed by atoms with Crippen molar-refractivity contribution in [3.8, 4) is 0 Å². The van der Waals surface area contributed by atoms with E-state index in [1.54, 1.807) is 20.1 Å². The van der Waals surface area contributed by atoms with E-state index in [4.69, 9.17) is 10.8 Å². The second-order valence-corrected chi connectivity index (χ2v) is 5.32. The number of hydrogen-bond acceptors (Lipinski definition) is 5. The molecule has 110 valence electrons. The number of nitrogens with one attached hydrogen (secondary N) is 2. The number of carboxylic acids is 1. The Morgan fingerprint density at radius 1 is 1.21 bits per heavy atom.